The third-order valence-electron chi connectivity index (χ3n) is 2.40. The monoisotopic (exact) mass is 207 g/mol. The Balaban J connectivity index is 2.65. The van der Waals surface area contributed by atoms with E-state index in [0.717, 1.165) is 19.7 Å². The van der Waals surface area contributed by atoms with Crippen LogP contribution in [0.15, 0.2) is 24.3 Å². The summed E-state index contributed by atoms with van der Waals surface area (Å²) in [6, 6.07) is 8.56. The molecule has 0 heterocycles. The van der Waals surface area contributed by atoms with E-state index in [0.29, 0.717) is 0 Å². The average Bonchev–Trinajstić information content (AvgIpc) is 2.25. The van der Waals surface area contributed by atoms with E-state index in [1.54, 1.807) is 0 Å². The highest BCUT2D eigenvalue weighted by Crippen LogP contribution is 2.17. The molecule has 0 bridgehead atoms. The first-order chi connectivity index (χ1) is 7.27. The van der Waals surface area contributed by atoms with Crippen molar-refractivity contribution >= 4 is 0 Å². The zero-order valence-corrected chi connectivity index (χ0v) is 9.92. The van der Waals surface area contributed by atoms with Crippen molar-refractivity contribution in [3.63, 3.8) is 0 Å². The minimum absolute atomic E-state index is 0.176. The molecule has 0 aliphatic carbocycles. The number of ether oxygens (including phenoxy) is 1. The normalized spacial score (nSPS) is 12.7. The summed E-state index contributed by atoms with van der Waals surface area (Å²) >= 11 is 0. The molecule has 84 valence electrons. The smallest absolute Gasteiger partial charge is 0.0949 e. The summed E-state index contributed by atoms with van der Waals surface area (Å²) in [7, 11) is 0. The predicted octanol–water partition coefficient (Wildman–Crippen LogP) is 2.68. The fraction of sp³-hybridized carbons (Fsp3) is 0.538. The molecule has 1 unspecified atom stereocenters. The van der Waals surface area contributed by atoms with Gasteiger partial charge in [0.1, 0.15) is 0 Å². The summed E-state index contributed by atoms with van der Waals surface area (Å²) in [5, 5.41) is 3.32. The lowest BCUT2D eigenvalue weighted by Crippen LogP contribution is -2.23. The molecule has 1 rings (SSSR count). The van der Waals surface area contributed by atoms with Gasteiger partial charge in [0.05, 0.1) is 6.10 Å². The van der Waals surface area contributed by atoms with Crippen LogP contribution in [-0.4, -0.2) is 19.7 Å². The van der Waals surface area contributed by atoms with Gasteiger partial charge in [0.2, 0.25) is 0 Å². The van der Waals surface area contributed by atoms with Gasteiger partial charge in [-0.25, -0.2) is 0 Å². The van der Waals surface area contributed by atoms with Crippen molar-refractivity contribution in [1.29, 1.82) is 0 Å². The second-order valence-corrected chi connectivity index (χ2v) is 3.66. The van der Waals surface area contributed by atoms with Gasteiger partial charge in [0, 0.05) is 13.2 Å². The third-order valence-corrected chi connectivity index (χ3v) is 2.40. The Kier molecular flexibility index (Phi) is 5.37. The topological polar surface area (TPSA) is 21.3 Å². The molecule has 0 spiro atoms. The number of aryl methyl sites for hydroxylation is 1. The van der Waals surface area contributed by atoms with Gasteiger partial charge < -0.3 is 10.1 Å². The van der Waals surface area contributed by atoms with E-state index in [4.69, 9.17) is 4.74 Å². The van der Waals surface area contributed by atoms with Gasteiger partial charge in [-0.15, -0.1) is 0 Å². The number of nitrogens with one attached hydrogen (secondary N) is 1. The van der Waals surface area contributed by atoms with Crippen LogP contribution in [0.1, 0.15) is 31.1 Å². The molecule has 0 aliphatic rings. The highest BCUT2D eigenvalue weighted by molar-refractivity contribution is 5.23. The van der Waals surface area contributed by atoms with Crippen molar-refractivity contribution in [3.05, 3.63) is 35.4 Å². The Morgan fingerprint density at radius 2 is 1.87 bits per heavy atom. The van der Waals surface area contributed by atoms with Crippen molar-refractivity contribution in [2.24, 2.45) is 0 Å². The largest absolute Gasteiger partial charge is 0.372 e. The van der Waals surface area contributed by atoms with Crippen molar-refractivity contribution in [1.82, 2.24) is 5.32 Å². The van der Waals surface area contributed by atoms with Crippen LogP contribution >= 0.6 is 0 Å². The highest BCUT2D eigenvalue weighted by Gasteiger charge is 2.09. The average molecular weight is 207 g/mol. The highest BCUT2D eigenvalue weighted by atomic mass is 16.5. The zero-order valence-electron chi connectivity index (χ0n) is 9.92. The molecule has 0 amide bonds. The lowest BCUT2D eigenvalue weighted by molar-refractivity contribution is 0.0627. The molecule has 0 aromatic heterocycles. The van der Waals surface area contributed by atoms with Gasteiger partial charge in [-0.3, -0.25) is 0 Å². The Labute approximate surface area is 92.6 Å². The lowest BCUT2D eigenvalue weighted by atomic mass is 10.1. The first kappa shape index (κ1) is 12.2. The van der Waals surface area contributed by atoms with Gasteiger partial charge in [0.25, 0.3) is 0 Å². The summed E-state index contributed by atoms with van der Waals surface area (Å²) in [5.74, 6) is 0. The summed E-state index contributed by atoms with van der Waals surface area (Å²) in [4.78, 5) is 0. The van der Waals surface area contributed by atoms with Crippen LogP contribution in [0.3, 0.4) is 0 Å². The molecule has 0 fully saturated rings. The maximum absolute atomic E-state index is 5.71. The summed E-state index contributed by atoms with van der Waals surface area (Å²) in [6.45, 7) is 8.86. The molecule has 2 nitrogen and oxygen atoms in total. The van der Waals surface area contributed by atoms with Gasteiger partial charge in [-0.1, -0.05) is 36.8 Å². The Morgan fingerprint density at radius 3 is 2.40 bits per heavy atom. The molecule has 1 N–H and O–H groups in total. The predicted molar refractivity (Wildman–Crippen MR) is 64.1 cm³/mol. The molecule has 15 heavy (non-hydrogen) atoms. The molecule has 1 aromatic carbocycles. The summed E-state index contributed by atoms with van der Waals surface area (Å²) < 4.78 is 5.71. The van der Waals surface area contributed by atoms with Crippen molar-refractivity contribution in [2.45, 2.75) is 26.9 Å². The van der Waals surface area contributed by atoms with Crippen LogP contribution in [0.2, 0.25) is 0 Å². The second-order valence-electron chi connectivity index (χ2n) is 3.66. The quantitative estimate of drug-likeness (QED) is 0.774. The van der Waals surface area contributed by atoms with E-state index in [9.17, 15) is 0 Å². The standard InChI is InChI=1S/C13H21NO/c1-4-14-10-13(15-5-2)12-8-6-11(3)7-9-12/h6-9,13-14H,4-5,10H2,1-3H3. The van der Waals surface area contributed by atoms with Crippen molar-refractivity contribution in [2.75, 3.05) is 19.7 Å². The third kappa shape index (κ3) is 4.02. The molecule has 0 radical (unpaired) electrons. The van der Waals surface area contributed by atoms with Crippen LogP contribution in [0, 0.1) is 6.92 Å². The SMILES string of the molecule is CCNCC(OCC)c1ccc(C)cc1. The van der Waals surface area contributed by atoms with E-state index in [1.165, 1.54) is 11.1 Å². The van der Waals surface area contributed by atoms with Crippen LogP contribution < -0.4 is 5.32 Å². The minimum atomic E-state index is 0.176. The fourth-order valence-corrected chi connectivity index (χ4v) is 1.53. The second kappa shape index (κ2) is 6.59. The van der Waals surface area contributed by atoms with Crippen molar-refractivity contribution in [3.8, 4) is 0 Å². The van der Waals surface area contributed by atoms with E-state index in [-0.39, 0.29) is 6.10 Å². The van der Waals surface area contributed by atoms with Crippen molar-refractivity contribution < 1.29 is 4.74 Å². The summed E-state index contributed by atoms with van der Waals surface area (Å²) in [5.41, 5.74) is 2.54. The van der Waals surface area contributed by atoms with Gasteiger partial charge in [-0.05, 0) is 26.0 Å². The molecule has 2 heteroatoms. The van der Waals surface area contributed by atoms with Crippen LogP contribution in [0.25, 0.3) is 0 Å². The number of likely N-dealkylation sites (N-methyl/N-ethyl adjacent to an activating group) is 1. The lowest BCUT2D eigenvalue weighted by Gasteiger charge is -2.17. The van der Waals surface area contributed by atoms with Crippen LogP contribution in [0.4, 0.5) is 0 Å². The number of rotatable bonds is 6. The molecule has 1 atom stereocenters. The van der Waals surface area contributed by atoms with Gasteiger partial charge in [-0.2, -0.15) is 0 Å². The maximum atomic E-state index is 5.71. The van der Waals surface area contributed by atoms with E-state index < -0.39 is 0 Å². The van der Waals surface area contributed by atoms with E-state index in [2.05, 4.69) is 43.4 Å². The molecular formula is C13H21NO. The Morgan fingerprint density at radius 1 is 1.20 bits per heavy atom. The van der Waals surface area contributed by atoms with Gasteiger partial charge >= 0.3 is 0 Å². The van der Waals surface area contributed by atoms with Crippen LogP contribution in [-0.2, 0) is 4.74 Å². The zero-order chi connectivity index (χ0) is 11.1. The first-order valence-electron chi connectivity index (χ1n) is 5.66. The number of hydrogen-bond donors (Lipinski definition) is 1. The first-order valence-corrected chi connectivity index (χ1v) is 5.66. The molecular weight excluding hydrogens is 186 g/mol. The van der Waals surface area contributed by atoms with Crippen LogP contribution in [0.5, 0.6) is 0 Å². The van der Waals surface area contributed by atoms with E-state index in [1.807, 2.05) is 6.92 Å². The Hall–Kier alpha value is -0.860. The van der Waals surface area contributed by atoms with Gasteiger partial charge in [0.15, 0.2) is 0 Å². The summed E-state index contributed by atoms with van der Waals surface area (Å²) in [6.07, 6.45) is 0.176. The van der Waals surface area contributed by atoms with E-state index >= 15 is 0 Å². The molecule has 0 aliphatic heterocycles. The number of hydrogen-bond acceptors (Lipinski definition) is 2. The molecule has 1 aromatic rings. The number of benzene rings is 1. The minimum Gasteiger partial charge on any atom is -0.372 e. The molecule has 0 saturated carbocycles. The molecule has 0 saturated heterocycles. The maximum Gasteiger partial charge on any atom is 0.0949 e. The Bertz CT molecular complexity index is 268. The fourth-order valence-electron chi connectivity index (χ4n) is 1.53.